The van der Waals surface area contributed by atoms with Crippen molar-refractivity contribution < 1.29 is 9.72 Å². The molecular weight excluding hydrogens is 474 g/mol. The third-order valence-corrected chi connectivity index (χ3v) is 6.75. The summed E-state index contributed by atoms with van der Waals surface area (Å²) in [5.74, 6) is 1.09. The number of carbonyl (C=O) groups is 1. The Morgan fingerprint density at radius 3 is 2.42 bits per heavy atom. The van der Waals surface area contributed by atoms with Gasteiger partial charge in [0.1, 0.15) is 0 Å². The number of anilines is 1. The Hall–Kier alpha value is -4.24. The molecule has 0 atom stereocenters. The third kappa shape index (κ3) is 5.69. The highest BCUT2D eigenvalue weighted by atomic mass is 32.2. The smallest absolute Gasteiger partial charge is 0.269 e. The lowest BCUT2D eigenvalue weighted by atomic mass is 10.1. The predicted molar refractivity (Wildman–Crippen MR) is 142 cm³/mol. The van der Waals surface area contributed by atoms with Crippen molar-refractivity contribution >= 4 is 29.0 Å². The molecule has 4 aromatic rings. The summed E-state index contributed by atoms with van der Waals surface area (Å²) in [6.45, 7) is 8.37. The number of benzene rings is 3. The average Bonchev–Trinajstić information content (AvgIpc) is 3.28. The summed E-state index contributed by atoms with van der Waals surface area (Å²) >= 11 is 1.52. The van der Waals surface area contributed by atoms with Crippen molar-refractivity contribution in [2.75, 3.05) is 5.32 Å². The van der Waals surface area contributed by atoms with Gasteiger partial charge in [0, 0.05) is 41.2 Å². The zero-order valence-corrected chi connectivity index (χ0v) is 20.8. The average molecular weight is 500 g/mol. The van der Waals surface area contributed by atoms with Crippen LogP contribution in [0.5, 0.6) is 0 Å². The van der Waals surface area contributed by atoms with Crippen LogP contribution in [0, 0.1) is 24.0 Å². The van der Waals surface area contributed by atoms with Gasteiger partial charge in [0.25, 0.3) is 11.6 Å². The van der Waals surface area contributed by atoms with E-state index in [1.165, 1.54) is 29.5 Å². The minimum absolute atomic E-state index is 0.0224. The lowest BCUT2D eigenvalue weighted by molar-refractivity contribution is -0.384. The number of nitro groups is 1. The van der Waals surface area contributed by atoms with Gasteiger partial charge < -0.3 is 5.32 Å². The topological polar surface area (TPSA) is 103 Å². The molecule has 0 spiro atoms. The van der Waals surface area contributed by atoms with E-state index >= 15 is 0 Å². The number of hydrogen-bond acceptors (Lipinski definition) is 6. The Balaban J connectivity index is 1.43. The number of aromatic nitrogens is 3. The Morgan fingerprint density at radius 1 is 1.06 bits per heavy atom. The first-order valence-electron chi connectivity index (χ1n) is 11.2. The normalized spacial score (nSPS) is 10.7. The Morgan fingerprint density at radius 2 is 1.78 bits per heavy atom. The standard InChI is InChI=1S/C27H25N5O3S/c1-4-15-31-25(21-10-13-24(14-11-21)32(34)35)29-30-27(31)36-17-20-6-8-22(9-7-20)26(33)28-23-12-5-18(2)19(3)16-23/h4-14,16H,1,15,17H2,2-3H3,(H,28,33). The van der Waals surface area contributed by atoms with Crippen LogP contribution in [0.15, 0.2) is 84.5 Å². The summed E-state index contributed by atoms with van der Waals surface area (Å²) in [5, 5.41) is 23.2. The van der Waals surface area contributed by atoms with E-state index in [2.05, 4.69) is 22.1 Å². The summed E-state index contributed by atoms with van der Waals surface area (Å²) in [6.07, 6.45) is 1.76. The van der Waals surface area contributed by atoms with Crippen LogP contribution in [0.1, 0.15) is 27.0 Å². The molecule has 8 nitrogen and oxygen atoms in total. The van der Waals surface area contributed by atoms with E-state index in [-0.39, 0.29) is 11.6 Å². The number of carbonyl (C=O) groups excluding carboxylic acids is 1. The van der Waals surface area contributed by atoms with Gasteiger partial charge in [-0.05, 0) is 66.9 Å². The first-order valence-corrected chi connectivity index (χ1v) is 12.2. The van der Waals surface area contributed by atoms with Crippen molar-refractivity contribution in [3.05, 3.63) is 112 Å². The molecule has 0 radical (unpaired) electrons. The number of nitrogens with one attached hydrogen (secondary N) is 1. The molecule has 0 saturated carbocycles. The Bertz CT molecular complexity index is 1410. The van der Waals surface area contributed by atoms with Crippen molar-refractivity contribution in [1.82, 2.24) is 14.8 Å². The summed E-state index contributed by atoms with van der Waals surface area (Å²) < 4.78 is 1.92. The van der Waals surface area contributed by atoms with E-state index in [1.54, 1.807) is 18.2 Å². The fourth-order valence-corrected chi connectivity index (χ4v) is 4.46. The van der Waals surface area contributed by atoms with Gasteiger partial charge in [-0.3, -0.25) is 19.5 Å². The largest absolute Gasteiger partial charge is 0.322 e. The second-order valence-corrected chi connectivity index (χ2v) is 9.19. The monoisotopic (exact) mass is 499 g/mol. The minimum Gasteiger partial charge on any atom is -0.322 e. The van der Waals surface area contributed by atoms with Gasteiger partial charge in [0.2, 0.25) is 0 Å². The number of aryl methyl sites for hydroxylation is 2. The highest BCUT2D eigenvalue weighted by molar-refractivity contribution is 7.98. The number of nitrogens with zero attached hydrogens (tertiary/aromatic N) is 4. The fraction of sp³-hybridized carbons (Fsp3) is 0.148. The molecule has 3 aromatic carbocycles. The molecule has 0 saturated heterocycles. The third-order valence-electron chi connectivity index (χ3n) is 5.71. The zero-order chi connectivity index (χ0) is 25.7. The number of allylic oxidation sites excluding steroid dienone is 1. The zero-order valence-electron chi connectivity index (χ0n) is 20.0. The Kier molecular flexibility index (Phi) is 7.60. The van der Waals surface area contributed by atoms with Crippen LogP contribution >= 0.6 is 11.8 Å². The van der Waals surface area contributed by atoms with Gasteiger partial charge in [-0.1, -0.05) is 36.0 Å². The van der Waals surface area contributed by atoms with E-state index in [0.717, 1.165) is 22.4 Å². The van der Waals surface area contributed by atoms with Crippen LogP contribution < -0.4 is 5.32 Å². The highest BCUT2D eigenvalue weighted by Gasteiger charge is 2.15. The van der Waals surface area contributed by atoms with Crippen LogP contribution in [0.3, 0.4) is 0 Å². The van der Waals surface area contributed by atoms with Crippen LogP contribution in [0.4, 0.5) is 11.4 Å². The van der Waals surface area contributed by atoms with Gasteiger partial charge in [-0.25, -0.2) is 0 Å². The first-order chi connectivity index (χ1) is 17.4. The lowest BCUT2D eigenvalue weighted by Crippen LogP contribution is -2.12. The molecule has 4 rings (SSSR count). The second kappa shape index (κ2) is 11.0. The SMILES string of the molecule is C=CCn1c(SCc2ccc(C(=O)Nc3ccc(C)c(C)c3)cc2)nnc1-c1ccc([N+](=O)[O-])cc1. The first kappa shape index (κ1) is 24.9. The fourth-order valence-electron chi connectivity index (χ4n) is 3.56. The van der Waals surface area contributed by atoms with Crippen LogP contribution in [-0.4, -0.2) is 25.6 Å². The maximum Gasteiger partial charge on any atom is 0.269 e. The van der Waals surface area contributed by atoms with E-state index in [0.29, 0.717) is 28.8 Å². The second-order valence-electron chi connectivity index (χ2n) is 8.25. The van der Waals surface area contributed by atoms with E-state index < -0.39 is 4.92 Å². The number of hydrogen-bond donors (Lipinski definition) is 1. The number of thioether (sulfide) groups is 1. The van der Waals surface area contributed by atoms with Crippen LogP contribution in [0.2, 0.25) is 0 Å². The molecular formula is C27H25N5O3S. The molecule has 0 bridgehead atoms. The van der Waals surface area contributed by atoms with E-state index in [4.69, 9.17) is 0 Å². The van der Waals surface area contributed by atoms with E-state index in [1.807, 2.05) is 60.9 Å². The van der Waals surface area contributed by atoms with Crippen molar-refractivity contribution in [3.8, 4) is 11.4 Å². The molecule has 1 heterocycles. The number of non-ortho nitro benzene ring substituents is 1. The summed E-state index contributed by atoms with van der Waals surface area (Å²) in [6, 6.07) is 19.5. The van der Waals surface area contributed by atoms with Crippen LogP contribution in [-0.2, 0) is 12.3 Å². The van der Waals surface area contributed by atoms with Crippen molar-refractivity contribution in [2.24, 2.45) is 0 Å². The molecule has 1 N–H and O–H groups in total. The molecule has 0 aliphatic carbocycles. The molecule has 0 aliphatic heterocycles. The van der Waals surface area contributed by atoms with Crippen molar-refractivity contribution in [3.63, 3.8) is 0 Å². The summed E-state index contributed by atoms with van der Waals surface area (Å²) in [4.78, 5) is 23.1. The van der Waals surface area contributed by atoms with Gasteiger partial charge >= 0.3 is 0 Å². The van der Waals surface area contributed by atoms with Crippen molar-refractivity contribution in [2.45, 2.75) is 31.3 Å². The molecule has 1 aromatic heterocycles. The molecule has 1 amide bonds. The van der Waals surface area contributed by atoms with Crippen LogP contribution in [0.25, 0.3) is 11.4 Å². The maximum atomic E-state index is 12.6. The quantitative estimate of drug-likeness (QED) is 0.127. The number of amides is 1. The summed E-state index contributed by atoms with van der Waals surface area (Å²) in [5.41, 5.74) is 5.45. The van der Waals surface area contributed by atoms with Gasteiger partial charge in [-0.15, -0.1) is 16.8 Å². The van der Waals surface area contributed by atoms with E-state index in [9.17, 15) is 14.9 Å². The van der Waals surface area contributed by atoms with Gasteiger partial charge in [0.15, 0.2) is 11.0 Å². The minimum atomic E-state index is -0.433. The molecule has 0 unspecified atom stereocenters. The number of nitro benzene ring substituents is 1. The molecule has 0 aliphatic rings. The maximum absolute atomic E-state index is 12.6. The number of rotatable bonds is 9. The predicted octanol–water partition coefficient (Wildman–Crippen LogP) is 6.20. The van der Waals surface area contributed by atoms with Gasteiger partial charge in [0.05, 0.1) is 4.92 Å². The molecule has 9 heteroatoms. The highest BCUT2D eigenvalue weighted by Crippen LogP contribution is 2.28. The molecule has 182 valence electrons. The lowest BCUT2D eigenvalue weighted by Gasteiger charge is -2.09. The summed E-state index contributed by atoms with van der Waals surface area (Å²) in [7, 11) is 0. The molecule has 0 fully saturated rings. The van der Waals surface area contributed by atoms with Gasteiger partial charge in [-0.2, -0.15) is 0 Å². The van der Waals surface area contributed by atoms with Crippen molar-refractivity contribution in [1.29, 1.82) is 0 Å². The Labute approximate surface area is 213 Å². The molecule has 36 heavy (non-hydrogen) atoms.